The first-order valence-electron chi connectivity index (χ1n) is 23.4. The number of nitrogens with zero attached hydrogens (tertiary/aromatic N) is 4. The lowest BCUT2D eigenvalue weighted by atomic mass is 9.96. The molecular formula is C63H36N4OS2. The molecule has 0 aliphatic heterocycles. The van der Waals surface area contributed by atoms with Gasteiger partial charge in [0.15, 0.2) is 17.5 Å². The van der Waals surface area contributed by atoms with Gasteiger partial charge in [-0.2, -0.15) is 0 Å². The van der Waals surface area contributed by atoms with Crippen molar-refractivity contribution in [3.63, 3.8) is 0 Å². The zero-order valence-electron chi connectivity index (χ0n) is 37.3. The van der Waals surface area contributed by atoms with Crippen molar-refractivity contribution in [1.82, 2.24) is 19.5 Å². The molecule has 0 spiro atoms. The van der Waals surface area contributed by atoms with Crippen LogP contribution in [0.4, 0.5) is 0 Å². The fourth-order valence-electron chi connectivity index (χ4n) is 10.6. The van der Waals surface area contributed by atoms with Gasteiger partial charge in [0.25, 0.3) is 0 Å². The van der Waals surface area contributed by atoms with E-state index in [4.69, 9.17) is 19.4 Å². The third kappa shape index (κ3) is 6.12. The minimum Gasteiger partial charge on any atom is -0.456 e. The molecule has 0 radical (unpaired) electrons. The van der Waals surface area contributed by atoms with E-state index in [0.717, 1.165) is 55.4 Å². The van der Waals surface area contributed by atoms with Crippen LogP contribution in [0.15, 0.2) is 223 Å². The highest BCUT2D eigenvalue weighted by Crippen LogP contribution is 2.45. The van der Waals surface area contributed by atoms with Gasteiger partial charge < -0.3 is 8.98 Å². The molecule has 10 aromatic carbocycles. The Morgan fingerprint density at radius 3 is 1.81 bits per heavy atom. The van der Waals surface area contributed by atoms with Crippen molar-refractivity contribution in [2.45, 2.75) is 0 Å². The zero-order chi connectivity index (χ0) is 45.9. The van der Waals surface area contributed by atoms with Crippen LogP contribution >= 0.6 is 22.7 Å². The van der Waals surface area contributed by atoms with Crippen molar-refractivity contribution >= 4 is 107 Å². The fourth-order valence-corrected chi connectivity index (χ4v) is 12.9. The molecule has 7 heteroatoms. The maximum absolute atomic E-state index is 6.61. The number of benzene rings is 10. The summed E-state index contributed by atoms with van der Waals surface area (Å²) in [7, 11) is 0. The van der Waals surface area contributed by atoms with Gasteiger partial charge in [0.2, 0.25) is 0 Å². The summed E-state index contributed by atoms with van der Waals surface area (Å²) in [6.07, 6.45) is 0. The molecule has 0 saturated heterocycles. The van der Waals surface area contributed by atoms with E-state index in [1.54, 1.807) is 11.3 Å². The second-order valence-electron chi connectivity index (χ2n) is 17.9. The molecule has 0 aliphatic rings. The molecule has 15 rings (SSSR count). The summed E-state index contributed by atoms with van der Waals surface area (Å²) in [5, 5.41) is 9.50. The van der Waals surface area contributed by atoms with E-state index in [-0.39, 0.29) is 0 Å². The van der Waals surface area contributed by atoms with E-state index in [0.29, 0.717) is 17.5 Å². The van der Waals surface area contributed by atoms with Crippen LogP contribution in [0.3, 0.4) is 0 Å². The first-order valence-corrected chi connectivity index (χ1v) is 25.0. The summed E-state index contributed by atoms with van der Waals surface area (Å²) in [5.41, 5.74) is 12.6. The normalized spacial score (nSPS) is 12.0. The predicted octanol–water partition coefficient (Wildman–Crippen LogP) is 17.9. The molecule has 0 amide bonds. The molecule has 0 atom stereocenters. The van der Waals surface area contributed by atoms with Gasteiger partial charge in [-0.1, -0.05) is 140 Å². The van der Waals surface area contributed by atoms with Crippen molar-refractivity contribution < 1.29 is 4.42 Å². The summed E-state index contributed by atoms with van der Waals surface area (Å²) in [5.74, 6) is 1.85. The van der Waals surface area contributed by atoms with E-state index in [1.165, 1.54) is 73.3 Å². The second kappa shape index (κ2) is 15.4. The van der Waals surface area contributed by atoms with Gasteiger partial charge in [0.1, 0.15) is 11.2 Å². The number of hydrogen-bond donors (Lipinski definition) is 0. The monoisotopic (exact) mass is 928 g/mol. The molecule has 5 nitrogen and oxygen atoms in total. The van der Waals surface area contributed by atoms with Crippen molar-refractivity contribution in [3.8, 4) is 62.1 Å². The Morgan fingerprint density at radius 1 is 0.314 bits per heavy atom. The molecule has 5 heterocycles. The smallest absolute Gasteiger partial charge is 0.164 e. The molecule has 70 heavy (non-hydrogen) atoms. The molecule has 15 aromatic rings. The van der Waals surface area contributed by atoms with Crippen LogP contribution in [-0.4, -0.2) is 19.5 Å². The molecule has 0 N–H and O–H groups in total. The molecule has 326 valence electrons. The number of furan rings is 1. The Morgan fingerprint density at radius 2 is 0.929 bits per heavy atom. The van der Waals surface area contributed by atoms with Crippen LogP contribution in [0.5, 0.6) is 0 Å². The maximum Gasteiger partial charge on any atom is 0.164 e. The Labute approximate surface area is 408 Å². The highest BCUT2D eigenvalue weighted by atomic mass is 32.1. The third-order valence-electron chi connectivity index (χ3n) is 13.9. The van der Waals surface area contributed by atoms with Gasteiger partial charge in [-0.25, -0.2) is 15.0 Å². The minimum atomic E-state index is 0.598. The average Bonchev–Trinajstić information content (AvgIpc) is 4.19. The number of fused-ring (bicyclic) bond motifs is 12. The van der Waals surface area contributed by atoms with Crippen LogP contribution in [0.2, 0.25) is 0 Å². The number of hydrogen-bond acceptors (Lipinski definition) is 6. The van der Waals surface area contributed by atoms with Gasteiger partial charge in [0, 0.05) is 84.3 Å². The molecule has 0 fully saturated rings. The Balaban J connectivity index is 0.870. The Hall–Kier alpha value is -8.75. The molecule has 0 aliphatic carbocycles. The van der Waals surface area contributed by atoms with Crippen molar-refractivity contribution in [2.24, 2.45) is 0 Å². The first kappa shape index (κ1) is 39.3. The topological polar surface area (TPSA) is 56.7 Å². The quantitative estimate of drug-likeness (QED) is 0.167. The summed E-state index contributed by atoms with van der Waals surface area (Å²) in [6.45, 7) is 0. The van der Waals surface area contributed by atoms with Gasteiger partial charge in [-0.3, -0.25) is 0 Å². The number of rotatable bonds is 6. The fraction of sp³-hybridized carbons (Fsp3) is 0. The van der Waals surface area contributed by atoms with E-state index in [2.05, 4.69) is 193 Å². The second-order valence-corrected chi connectivity index (χ2v) is 20.1. The summed E-state index contributed by atoms with van der Waals surface area (Å²) >= 11 is 3.64. The average molecular weight is 929 g/mol. The third-order valence-corrected chi connectivity index (χ3v) is 16.1. The van der Waals surface area contributed by atoms with Crippen LogP contribution in [0.1, 0.15) is 0 Å². The van der Waals surface area contributed by atoms with Crippen LogP contribution in [0, 0.1) is 0 Å². The number of aromatic nitrogens is 4. The summed E-state index contributed by atoms with van der Waals surface area (Å²) in [6, 6.07) is 78.0. The van der Waals surface area contributed by atoms with Gasteiger partial charge in [-0.15, -0.1) is 22.7 Å². The van der Waals surface area contributed by atoms with Crippen molar-refractivity contribution in [3.05, 3.63) is 218 Å². The van der Waals surface area contributed by atoms with Crippen LogP contribution < -0.4 is 0 Å². The van der Waals surface area contributed by atoms with Gasteiger partial charge in [-0.05, 0) is 101 Å². The van der Waals surface area contributed by atoms with Crippen molar-refractivity contribution in [2.75, 3.05) is 0 Å². The molecule has 5 aromatic heterocycles. The first-order chi connectivity index (χ1) is 34.7. The van der Waals surface area contributed by atoms with Crippen molar-refractivity contribution in [1.29, 1.82) is 0 Å². The van der Waals surface area contributed by atoms with Gasteiger partial charge >= 0.3 is 0 Å². The molecule has 0 saturated carbocycles. The lowest BCUT2D eigenvalue weighted by Gasteiger charge is -2.10. The molecule has 0 bridgehead atoms. The van der Waals surface area contributed by atoms with E-state index < -0.39 is 0 Å². The van der Waals surface area contributed by atoms with Crippen LogP contribution in [0.25, 0.3) is 146 Å². The Kier molecular flexibility index (Phi) is 8.63. The number of thiophene rings is 2. The van der Waals surface area contributed by atoms with Crippen LogP contribution in [-0.2, 0) is 0 Å². The summed E-state index contributed by atoms with van der Waals surface area (Å²) in [4.78, 5) is 15.6. The standard InChI is InChI=1S/C63H36N4OS2/c1-3-13-37(14-4-1)61-64-62(41-25-29-46-45-18-8-10-23-55(45)70-58(46)36-41)66-63(65-61)47-20-11-22-54-59(47)49-33-38(27-31-53(49)68-54)39-28-32-56-50(34-39)60-43(19-12-24-57(60)69-56)40-26-30-52-48(35-40)44-17-7-9-21-51(44)67(52)42-15-5-2-6-16-42/h1-36H. The van der Waals surface area contributed by atoms with E-state index in [1.807, 2.05) is 41.7 Å². The summed E-state index contributed by atoms with van der Waals surface area (Å²) < 4.78 is 14.0. The Bertz CT molecular complexity index is 4600. The largest absolute Gasteiger partial charge is 0.456 e. The lowest BCUT2D eigenvalue weighted by molar-refractivity contribution is 0.669. The highest BCUT2D eigenvalue weighted by molar-refractivity contribution is 7.26. The van der Waals surface area contributed by atoms with Gasteiger partial charge in [0.05, 0.1) is 11.0 Å². The minimum absolute atomic E-state index is 0.598. The van der Waals surface area contributed by atoms with E-state index >= 15 is 0 Å². The predicted molar refractivity (Wildman–Crippen MR) is 294 cm³/mol. The zero-order valence-corrected chi connectivity index (χ0v) is 38.9. The molecule has 0 unspecified atom stereocenters. The lowest BCUT2D eigenvalue weighted by Crippen LogP contribution is -2.00. The van der Waals surface area contributed by atoms with E-state index in [9.17, 15) is 0 Å². The molecular weight excluding hydrogens is 893 g/mol. The highest BCUT2D eigenvalue weighted by Gasteiger charge is 2.21. The SMILES string of the molecule is c1ccc(-c2nc(-c3ccc4c(c3)sc3ccccc34)nc(-c3cccc4oc5ccc(-c6ccc7sc8cccc(-c9ccc%10c(c9)c9ccccc9n%10-c9ccccc9)c8c7c6)cc5c34)n2)cc1. The maximum atomic E-state index is 6.61. The number of para-hydroxylation sites is 2.